The molecule has 0 aromatic heterocycles. The van der Waals surface area contributed by atoms with Crippen LogP contribution in [0.25, 0.3) is 0 Å². The van der Waals surface area contributed by atoms with Crippen molar-refractivity contribution in [3.63, 3.8) is 0 Å². The van der Waals surface area contributed by atoms with Gasteiger partial charge >= 0.3 is 12.1 Å². The highest BCUT2D eigenvalue weighted by atomic mass is 19.4. The second-order valence-corrected chi connectivity index (χ2v) is 6.07. The molecule has 0 spiro atoms. The zero-order valence-electron chi connectivity index (χ0n) is 13.1. The number of alkyl halides is 3. The number of piperazine rings is 1. The van der Waals surface area contributed by atoms with Crippen molar-refractivity contribution in [1.82, 2.24) is 14.7 Å². The van der Waals surface area contributed by atoms with Gasteiger partial charge in [0.2, 0.25) is 11.8 Å². The quantitative estimate of drug-likeness (QED) is 0.780. The van der Waals surface area contributed by atoms with Gasteiger partial charge in [-0.1, -0.05) is 0 Å². The van der Waals surface area contributed by atoms with Crippen molar-refractivity contribution in [2.24, 2.45) is 0 Å². The minimum Gasteiger partial charge on any atom is -0.480 e. The van der Waals surface area contributed by atoms with E-state index in [4.69, 9.17) is 5.11 Å². The van der Waals surface area contributed by atoms with Gasteiger partial charge in [0.15, 0.2) is 0 Å². The Morgan fingerprint density at radius 2 is 1.83 bits per heavy atom. The van der Waals surface area contributed by atoms with Crippen molar-refractivity contribution >= 4 is 17.8 Å². The zero-order valence-corrected chi connectivity index (χ0v) is 13.1. The summed E-state index contributed by atoms with van der Waals surface area (Å²) in [5.74, 6) is -2.15. The van der Waals surface area contributed by atoms with Gasteiger partial charge in [-0.25, -0.2) is 0 Å². The summed E-state index contributed by atoms with van der Waals surface area (Å²) in [6, 6.07) is -0.649. The minimum absolute atomic E-state index is 0.0962. The van der Waals surface area contributed by atoms with Gasteiger partial charge in [-0.2, -0.15) is 13.2 Å². The lowest BCUT2D eigenvalue weighted by Gasteiger charge is -2.38. The third-order valence-electron chi connectivity index (χ3n) is 4.24. The van der Waals surface area contributed by atoms with Crippen LogP contribution in [-0.2, 0) is 14.4 Å². The lowest BCUT2D eigenvalue weighted by molar-refractivity contribution is -0.167. The molecule has 0 aromatic carbocycles. The number of carbonyl (C=O) groups excluding carboxylic acids is 2. The number of halogens is 3. The number of hydrogen-bond donors (Lipinski definition) is 1. The van der Waals surface area contributed by atoms with Crippen LogP contribution in [-0.4, -0.2) is 89.1 Å². The molecule has 0 saturated carbocycles. The van der Waals surface area contributed by atoms with Gasteiger partial charge in [-0.15, -0.1) is 0 Å². The Morgan fingerprint density at radius 3 is 2.42 bits per heavy atom. The summed E-state index contributed by atoms with van der Waals surface area (Å²) in [6.07, 6.45) is -2.61. The van der Waals surface area contributed by atoms with Gasteiger partial charge in [0, 0.05) is 19.6 Å². The molecule has 24 heavy (non-hydrogen) atoms. The van der Waals surface area contributed by atoms with Gasteiger partial charge in [0.05, 0.1) is 12.6 Å². The fourth-order valence-electron chi connectivity index (χ4n) is 3.12. The Bertz CT molecular complexity index is 512. The Kier molecular flexibility index (Phi) is 5.68. The lowest BCUT2D eigenvalue weighted by Crippen LogP contribution is -2.58. The first-order valence-electron chi connectivity index (χ1n) is 7.76. The van der Waals surface area contributed by atoms with Gasteiger partial charge in [0.25, 0.3) is 0 Å². The molecule has 2 aliphatic rings. The Balaban J connectivity index is 2.01. The molecule has 0 bridgehead atoms. The van der Waals surface area contributed by atoms with Crippen molar-refractivity contribution in [3.05, 3.63) is 0 Å². The predicted octanol–water partition coefficient (Wildman–Crippen LogP) is 0.159. The van der Waals surface area contributed by atoms with Crippen molar-refractivity contribution in [2.75, 3.05) is 39.3 Å². The zero-order chi connectivity index (χ0) is 17.9. The van der Waals surface area contributed by atoms with Crippen LogP contribution in [0, 0.1) is 0 Å². The Labute approximate surface area is 137 Å². The number of hydrogen-bond acceptors (Lipinski definition) is 4. The number of carboxylic acids is 1. The van der Waals surface area contributed by atoms with Crippen LogP contribution in [0.15, 0.2) is 0 Å². The minimum atomic E-state index is -4.45. The van der Waals surface area contributed by atoms with Gasteiger partial charge < -0.3 is 14.9 Å². The molecule has 1 unspecified atom stereocenters. The van der Waals surface area contributed by atoms with E-state index in [0.29, 0.717) is 25.8 Å². The number of likely N-dealkylation sites (tertiary alicyclic amines) is 1. The van der Waals surface area contributed by atoms with Gasteiger partial charge in [0.1, 0.15) is 13.1 Å². The summed E-state index contributed by atoms with van der Waals surface area (Å²) in [6.45, 7) is -1.54. The van der Waals surface area contributed by atoms with Crippen molar-refractivity contribution < 1.29 is 32.7 Å². The van der Waals surface area contributed by atoms with Crippen LogP contribution < -0.4 is 0 Å². The summed E-state index contributed by atoms with van der Waals surface area (Å²) in [5.41, 5.74) is 0. The summed E-state index contributed by atoms with van der Waals surface area (Å²) in [4.78, 5) is 38.9. The van der Waals surface area contributed by atoms with E-state index in [1.165, 1.54) is 4.90 Å². The molecule has 0 radical (unpaired) electrons. The van der Waals surface area contributed by atoms with Crippen LogP contribution >= 0.6 is 0 Å². The molecular formula is C14H20F3N3O4. The monoisotopic (exact) mass is 351 g/mol. The molecule has 10 heteroatoms. The Hall–Kier alpha value is -1.84. The number of carbonyl (C=O) groups is 3. The van der Waals surface area contributed by atoms with Gasteiger partial charge in [-0.3, -0.25) is 19.3 Å². The first-order valence-corrected chi connectivity index (χ1v) is 7.76. The standard InChI is InChI=1S/C14H20F3N3O4/c15-14(16,17)9-20-6-5-18(7-11(20)21)10-3-1-2-4-19(13(10)24)8-12(22)23/h10H,1-9H2,(H,22,23). The van der Waals surface area contributed by atoms with E-state index in [-0.39, 0.29) is 25.5 Å². The molecule has 2 aliphatic heterocycles. The van der Waals surface area contributed by atoms with Crippen LogP contribution in [0.2, 0.25) is 0 Å². The fraction of sp³-hybridized carbons (Fsp3) is 0.786. The lowest BCUT2D eigenvalue weighted by atomic mass is 10.1. The molecule has 2 rings (SSSR count). The summed E-state index contributed by atoms with van der Waals surface area (Å²) in [5, 5.41) is 8.88. The maximum absolute atomic E-state index is 12.5. The fourth-order valence-corrected chi connectivity index (χ4v) is 3.12. The van der Waals surface area contributed by atoms with Crippen molar-refractivity contribution in [1.29, 1.82) is 0 Å². The van der Waals surface area contributed by atoms with Crippen molar-refractivity contribution in [2.45, 2.75) is 31.5 Å². The topological polar surface area (TPSA) is 81.2 Å². The van der Waals surface area contributed by atoms with Gasteiger partial charge in [-0.05, 0) is 19.3 Å². The summed E-state index contributed by atoms with van der Waals surface area (Å²) < 4.78 is 37.3. The molecule has 2 heterocycles. The molecule has 2 saturated heterocycles. The van der Waals surface area contributed by atoms with E-state index in [1.54, 1.807) is 4.90 Å². The molecule has 2 fully saturated rings. The number of nitrogens with zero attached hydrogens (tertiary/aromatic N) is 3. The van der Waals surface area contributed by atoms with Crippen LogP contribution in [0.5, 0.6) is 0 Å². The number of carboxylic acid groups (broad SMARTS) is 1. The molecular weight excluding hydrogens is 331 g/mol. The highest BCUT2D eigenvalue weighted by molar-refractivity contribution is 5.87. The maximum atomic E-state index is 12.5. The highest BCUT2D eigenvalue weighted by Crippen LogP contribution is 2.22. The molecule has 2 amide bonds. The van der Waals surface area contributed by atoms with E-state index < -0.39 is 37.2 Å². The summed E-state index contributed by atoms with van der Waals surface area (Å²) in [7, 11) is 0. The van der Waals surface area contributed by atoms with E-state index in [2.05, 4.69) is 0 Å². The highest BCUT2D eigenvalue weighted by Gasteiger charge is 2.39. The van der Waals surface area contributed by atoms with Crippen LogP contribution in [0.1, 0.15) is 19.3 Å². The SMILES string of the molecule is O=C(O)CN1CCCCC(N2CCN(CC(F)(F)F)C(=O)C2)C1=O. The largest absolute Gasteiger partial charge is 0.480 e. The number of rotatable bonds is 4. The second-order valence-electron chi connectivity index (χ2n) is 6.07. The average Bonchev–Trinajstić information content (AvgIpc) is 2.62. The first kappa shape index (κ1) is 18.5. The average molecular weight is 351 g/mol. The van der Waals surface area contributed by atoms with E-state index >= 15 is 0 Å². The maximum Gasteiger partial charge on any atom is 0.406 e. The van der Waals surface area contributed by atoms with E-state index in [9.17, 15) is 27.6 Å². The molecule has 0 aromatic rings. The van der Waals surface area contributed by atoms with Crippen LogP contribution in [0.3, 0.4) is 0 Å². The molecule has 136 valence electrons. The summed E-state index contributed by atoms with van der Waals surface area (Å²) >= 11 is 0. The molecule has 7 nitrogen and oxygen atoms in total. The number of aliphatic carboxylic acids is 1. The van der Waals surface area contributed by atoms with Crippen LogP contribution in [0.4, 0.5) is 13.2 Å². The predicted molar refractivity (Wildman–Crippen MR) is 76.1 cm³/mol. The molecule has 0 aliphatic carbocycles. The third-order valence-corrected chi connectivity index (χ3v) is 4.24. The van der Waals surface area contributed by atoms with E-state index in [1.807, 2.05) is 0 Å². The third kappa shape index (κ3) is 4.83. The molecule has 1 atom stereocenters. The van der Waals surface area contributed by atoms with E-state index in [0.717, 1.165) is 4.90 Å². The second kappa shape index (κ2) is 7.37. The Morgan fingerprint density at radius 1 is 1.12 bits per heavy atom. The van der Waals surface area contributed by atoms with Crippen molar-refractivity contribution in [3.8, 4) is 0 Å². The smallest absolute Gasteiger partial charge is 0.406 e. The first-order chi connectivity index (χ1) is 11.2. The normalized spacial score (nSPS) is 24.2. The molecule has 1 N–H and O–H groups in total. The number of amides is 2.